The highest BCUT2D eigenvalue weighted by molar-refractivity contribution is 7.89. The number of nitrogens with two attached hydrogens (primary N) is 1. The predicted octanol–water partition coefficient (Wildman–Crippen LogP) is 3.89. The van der Waals surface area contributed by atoms with Crippen molar-refractivity contribution in [2.75, 3.05) is 6.61 Å². The van der Waals surface area contributed by atoms with Gasteiger partial charge >= 0.3 is 5.97 Å². The van der Waals surface area contributed by atoms with Crippen molar-refractivity contribution in [1.29, 1.82) is 0 Å². The summed E-state index contributed by atoms with van der Waals surface area (Å²) in [5.41, 5.74) is 4.00. The summed E-state index contributed by atoms with van der Waals surface area (Å²) in [6.07, 6.45) is 0. The number of para-hydroxylation sites is 1. The summed E-state index contributed by atoms with van der Waals surface area (Å²) in [6, 6.07) is 15.3. The number of sulfonamides is 1. The van der Waals surface area contributed by atoms with E-state index in [9.17, 15) is 18.0 Å². The molecule has 2 heterocycles. The van der Waals surface area contributed by atoms with E-state index in [0.29, 0.717) is 28.9 Å². The average molecular weight is 481 g/mol. The normalized spacial score (nSPS) is 11.6. The van der Waals surface area contributed by atoms with Crippen molar-refractivity contribution in [3.8, 4) is 0 Å². The number of rotatable bonds is 7. The van der Waals surface area contributed by atoms with Crippen LogP contribution in [0, 0.1) is 20.8 Å². The second-order valence-electron chi connectivity index (χ2n) is 8.11. The fourth-order valence-corrected chi connectivity index (χ4v) is 4.45. The van der Waals surface area contributed by atoms with Gasteiger partial charge in [0.25, 0.3) is 0 Å². The first-order valence-corrected chi connectivity index (χ1v) is 12.1. The molecule has 2 aromatic carbocycles. The molecule has 0 spiro atoms. The van der Waals surface area contributed by atoms with Crippen LogP contribution in [0.25, 0.3) is 11.0 Å². The van der Waals surface area contributed by atoms with E-state index < -0.39 is 28.4 Å². The number of esters is 1. The fraction of sp³-hybridized carbons (Fsp3) is 0.200. The summed E-state index contributed by atoms with van der Waals surface area (Å²) >= 11 is 0. The van der Waals surface area contributed by atoms with Gasteiger partial charge in [-0.1, -0.05) is 30.3 Å². The predicted molar refractivity (Wildman–Crippen MR) is 126 cm³/mol. The van der Waals surface area contributed by atoms with E-state index in [1.165, 1.54) is 12.1 Å². The Bertz CT molecular complexity index is 1510. The Morgan fingerprint density at radius 1 is 1.03 bits per heavy atom. The molecule has 4 aromatic rings. The van der Waals surface area contributed by atoms with Crippen molar-refractivity contribution in [2.24, 2.45) is 5.14 Å². The minimum absolute atomic E-state index is 0.0332. The second kappa shape index (κ2) is 8.92. The van der Waals surface area contributed by atoms with Crippen molar-refractivity contribution in [3.63, 3.8) is 0 Å². The van der Waals surface area contributed by atoms with Crippen LogP contribution in [0.1, 0.15) is 43.4 Å². The van der Waals surface area contributed by atoms with Gasteiger partial charge in [-0.15, -0.1) is 0 Å². The van der Waals surface area contributed by atoms with Crippen molar-refractivity contribution in [3.05, 3.63) is 88.4 Å². The van der Waals surface area contributed by atoms with Gasteiger partial charge < -0.3 is 13.7 Å². The highest BCUT2D eigenvalue weighted by Gasteiger charge is 2.22. The van der Waals surface area contributed by atoms with Gasteiger partial charge in [-0.25, -0.2) is 18.4 Å². The lowest BCUT2D eigenvalue weighted by molar-refractivity contribution is 0.0467. The number of carbonyl (C=O) groups is 2. The third-order valence-corrected chi connectivity index (χ3v) is 6.75. The van der Waals surface area contributed by atoms with Crippen LogP contribution in [0.15, 0.2) is 63.9 Å². The van der Waals surface area contributed by atoms with Crippen LogP contribution in [0.3, 0.4) is 0 Å². The molecule has 2 N–H and O–H groups in total. The first-order chi connectivity index (χ1) is 16.1. The number of hydrogen-bond acceptors (Lipinski definition) is 6. The molecule has 9 heteroatoms. The Balaban J connectivity index is 1.47. The van der Waals surface area contributed by atoms with Gasteiger partial charge in [0.15, 0.2) is 12.4 Å². The van der Waals surface area contributed by atoms with Crippen molar-refractivity contribution in [2.45, 2.75) is 32.2 Å². The van der Waals surface area contributed by atoms with Gasteiger partial charge in [0.05, 0.1) is 10.5 Å². The molecule has 0 aliphatic rings. The zero-order valence-electron chi connectivity index (χ0n) is 19.0. The minimum atomic E-state index is -3.76. The summed E-state index contributed by atoms with van der Waals surface area (Å²) in [5.74, 6) is -0.834. The molecule has 0 radical (unpaired) electrons. The molecule has 0 saturated heterocycles. The van der Waals surface area contributed by atoms with Crippen LogP contribution in [-0.2, 0) is 21.3 Å². The molecule has 8 nitrogen and oxygen atoms in total. The Hall–Kier alpha value is -3.69. The van der Waals surface area contributed by atoms with Gasteiger partial charge in [-0.3, -0.25) is 4.79 Å². The second-order valence-corrected chi connectivity index (χ2v) is 9.67. The number of fused-ring (bicyclic) bond motifs is 1. The lowest BCUT2D eigenvalue weighted by Gasteiger charge is -2.10. The van der Waals surface area contributed by atoms with Crippen LogP contribution in [0.5, 0.6) is 0 Å². The summed E-state index contributed by atoms with van der Waals surface area (Å²) in [4.78, 5) is 25.4. The van der Waals surface area contributed by atoms with Crippen LogP contribution in [0.4, 0.5) is 0 Å². The maximum Gasteiger partial charge on any atom is 0.340 e. The fourth-order valence-electron chi connectivity index (χ4n) is 3.93. The standard InChI is InChI=1S/C25H24N2O6S/c1-15-12-21(17(3)27(15)13-18-8-10-19(11-9-18)34(26,30)31)25(29)32-14-22(28)24-16(2)20-6-4-5-7-23(20)33-24/h4-12H,13-14H2,1-3H3,(H2,26,30,31). The molecule has 0 unspecified atom stereocenters. The highest BCUT2D eigenvalue weighted by Crippen LogP contribution is 2.25. The molecule has 0 bridgehead atoms. The van der Waals surface area contributed by atoms with Gasteiger partial charge in [-0.05, 0) is 50.6 Å². The van der Waals surface area contributed by atoms with E-state index in [1.807, 2.05) is 29.7 Å². The van der Waals surface area contributed by atoms with E-state index in [4.69, 9.17) is 14.3 Å². The molecule has 0 saturated carbocycles. The molecule has 0 aliphatic carbocycles. The van der Waals surface area contributed by atoms with Crippen LogP contribution in [-0.4, -0.2) is 31.3 Å². The van der Waals surface area contributed by atoms with E-state index in [1.54, 1.807) is 38.1 Å². The summed E-state index contributed by atoms with van der Waals surface area (Å²) in [5, 5.41) is 5.99. The molecule has 0 fully saturated rings. The Morgan fingerprint density at radius 2 is 1.71 bits per heavy atom. The molecule has 0 atom stereocenters. The average Bonchev–Trinajstić information content (AvgIpc) is 3.28. The number of carbonyl (C=O) groups excluding carboxylic acids is 2. The molecule has 176 valence electrons. The zero-order valence-corrected chi connectivity index (χ0v) is 19.8. The largest absolute Gasteiger partial charge is 0.454 e. The number of primary sulfonamides is 1. The summed E-state index contributed by atoms with van der Waals surface area (Å²) < 4.78 is 35.8. The van der Waals surface area contributed by atoms with Crippen molar-refractivity contribution in [1.82, 2.24) is 4.57 Å². The molecule has 0 aliphatic heterocycles. The first kappa shape index (κ1) is 23.5. The number of aromatic nitrogens is 1. The van der Waals surface area contributed by atoms with E-state index in [0.717, 1.165) is 16.6 Å². The minimum Gasteiger partial charge on any atom is -0.454 e. The van der Waals surface area contributed by atoms with Crippen molar-refractivity contribution < 1.29 is 27.2 Å². The van der Waals surface area contributed by atoms with E-state index in [-0.39, 0.29) is 10.7 Å². The maximum atomic E-state index is 12.7. The summed E-state index contributed by atoms with van der Waals surface area (Å²) in [7, 11) is -3.76. The lowest BCUT2D eigenvalue weighted by atomic mass is 10.1. The molecular weight excluding hydrogens is 456 g/mol. The quantitative estimate of drug-likeness (QED) is 0.316. The number of Topliss-reactive ketones (excluding diaryl/α,β-unsaturated/α-hetero) is 1. The molecule has 34 heavy (non-hydrogen) atoms. The van der Waals surface area contributed by atoms with Gasteiger partial charge in [-0.2, -0.15) is 0 Å². The summed E-state index contributed by atoms with van der Waals surface area (Å²) in [6.45, 7) is 5.42. The monoisotopic (exact) mass is 480 g/mol. The molecule has 0 amide bonds. The van der Waals surface area contributed by atoms with Crippen molar-refractivity contribution >= 4 is 32.7 Å². The van der Waals surface area contributed by atoms with E-state index in [2.05, 4.69) is 0 Å². The molecule has 2 aromatic heterocycles. The third-order valence-electron chi connectivity index (χ3n) is 5.82. The van der Waals surface area contributed by atoms with E-state index >= 15 is 0 Å². The topological polar surface area (TPSA) is 122 Å². The number of hydrogen-bond donors (Lipinski definition) is 1. The number of nitrogens with zero attached hydrogens (tertiary/aromatic N) is 1. The maximum absolute atomic E-state index is 12.7. The van der Waals surface area contributed by atoms with Gasteiger partial charge in [0, 0.05) is 28.9 Å². The van der Waals surface area contributed by atoms with Gasteiger partial charge in [0.1, 0.15) is 5.58 Å². The van der Waals surface area contributed by atoms with Crippen LogP contribution >= 0.6 is 0 Å². The number of aryl methyl sites for hydroxylation is 2. The lowest BCUT2D eigenvalue weighted by Crippen LogP contribution is -2.15. The third kappa shape index (κ3) is 4.52. The number of furan rings is 1. The Morgan fingerprint density at radius 3 is 2.35 bits per heavy atom. The number of ketones is 1. The van der Waals surface area contributed by atoms with Gasteiger partial charge in [0.2, 0.25) is 15.8 Å². The van der Waals surface area contributed by atoms with Crippen LogP contribution in [0.2, 0.25) is 0 Å². The van der Waals surface area contributed by atoms with Crippen LogP contribution < -0.4 is 5.14 Å². The SMILES string of the molecule is Cc1c(C(=O)COC(=O)c2cc(C)n(Cc3ccc(S(N)(=O)=O)cc3)c2C)oc2ccccc12. The molecular formula is C25H24N2O6S. The highest BCUT2D eigenvalue weighted by atomic mass is 32.2. The zero-order chi connectivity index (χ0) is 24.6. The number of ether oxygens (including phenoxy) is 1. The Kier molecular flexibility index (Phi) is 6.16. The number of benzene rings is 2. The first-order valence-electron chi connectivity index (χ1n) is 10.5. The Labute approximate surface area is 197 Å². The molecule has 4 rings (SSSR count). The smallest absolute Gasteiger partial charge is 0.340 e.